The summed E-state index contributed by atoms with van der Waals surface area (Å²) in [5, 5.41) is 10.4. The molecule has 1 unspecified atom stereocenters. The summed E-state index contributed by atoms with van der Waals surface area (Å²) < 4.78 is 10.8. The van der Waals surface area contributed by atoms with Gasteiger partial charge in [0.2, 0.25) is 0 Å². The number of H-pyrrole nitrogens is 1. The van der Waals surface area contributed by atoms with Crippen molar-refractivity contribution in [2.75, 3.05) is 26.9 Å². The Hall–Kier alpha value is -1.92. The molecule has 1 heterocycles. The lowest BCUT2D eigenvalue weighted by atomic mass is 10.0. The second kappa shape index (κ2) is 8.39. The third-order valence-electron chi connectivity index (χ3n) is 3.08. The number of para-hydroxylation sites is 1. The van der Waals surface area contributed by atoms with Gasteiger partial charge in [0, 0.05) is 12.7 Å². The van der Waals surface area contributed by atoms with Gasteiger partial charge in [-0.2, -0.15) is 5.10 Å². The molecule has 1 aromatic carbocycles. The molecule has 114 valence electrons. The predicted molar refractivity (Wildman–Crippen MR) is 80.3 cm³/mol. The quantitative estimate of drug-likeness (QED) is 0.690. The first-order valence-electron chi connectivity index (χ1n) is 7.16. The van der Waals surface area contributed by atoms with Gasteiger partial charge in [0.15, 0.2) is 0 Å². The molecule has 0 spiro atoms. The van der Waals surface area contributed by atoms with Crippen molar-refractivity contribution in [2.24, 2.45) is 0 Å². The molecule has 0 fully saturated rings. The molecule has 6 nitrogen and oxygen atoms in total. The van der Waals surface area contributed by atoms with E-state index in [4.69, 9.17) is 9.47 Å². The number of aromatic nitrogens is 3. The topological polar surface area (TPSA) is 72.1 Å². The summed E-state index contributed by atoms with van der Waals surface area (Å²) in [6, 6.07) is 7.89. The minimum Gasteiger partial charge on any atom is -0.491 e. The molecule has 0 aliphatic rings. The molecule has 0 bridgehead atoms. The van der Waals surface area contributed by atoms with E-state index in [0.29, 0.717) is 13.2 Å². The van der Waals surface area contributed by atoms with Gasteiger partial charge in [-0.15, -0.1) is 0 Å². The molecule has 6 heteroatoms. The molecule has 21 heavy (non-hydrogen) atoms. The van der Waals surface area contributed by atoms with Gasteiger partial charge < -0.3 is 14.8 Å². The number of hydrogen-bond acceptors (Lipinski definition) is 5. The maximum Gasteiger partial charge on any atom is 0.146 e. The molecule has 0 aliphatic heterocycles. The first kappa shape index (κ1) is 15.5. The molecule has 2 aromatic rings. The zero-order chi connectivity index (χ0) is 14.9. The molecule has 0 saturated heterocycles. The molecular weight excluding hydrogens is 268 g/mol. The van der Waals surface area contributed by atoms with Crippen LogP contribution in [0.25, 0.3) is 0 Å². The Kier molecular flexibility index (Phi) is 6.18. The van der Waals surface area contributed by atoms with Crippen LogP contribution < -0.4 is 10.1 Å². The van der Waals surface area contributed by atoms with Crippen molar-refractivity contribution in [3.05, 3.63) is 42.0 Å². The van der Waals surface area contributed by atoms with E-state index in [0.717, 1.165) is 30.1 Å². The smallest absolute Gasteiger partial charge is 0.146 e. The van der Waals surface area contributed by atoms with E-state index in [-0.39, 0.29) is 6.04 Å². The summed E-state index contributed by atoms with van der Waals surface area (Å²) >= 11 is 0. The Balaban J connectivity index is 2.22. The largest absolute Gasteiger partial charge is 0.491 e. The monoisotopic (exact) mass is 290 g/mol. The highest BCUT2D eigenvalue weighted by atomic mass is 16.5. The van der Waals surface area contributed by atoms with E-state index in [1.165, 1.54) is 6.33 Å². The first-order chi connectivity index (χ1) is 10.4. The van der Waals surface area contributed by atoms with Crippen molar-refractivity contribution >= 4 is 0 Å². The molecule has 2 N–H and O–H groups in total. The predicted octanol–water partition coefficient (Wildman–Crippen LogP) is 1.92. The van der Waals surface area contributed by atoms with Crippen molar-refractivity contribution in [1.29, 1.82) is 0 Å². The fraction of sp³-hybridized carbons (Fsp3) is 0.467. The number of ether oxygens (including phenoxy) is 2. The molecule has 1 atom stereocenters. The van der Waals surface area contributed by atoms with Gasteiger partial charge in [0.1, 0.15) is 24.5 Å². The number of methoxy groups -OCH3 is 1. The molecular formula is C15H22N4O2. The van der Waals surface area contributed by atoms with Gasteiger partial charge in [-0.05, 0) is 19.0 Å². The van der Waals surface area contributed by atoms with Crippen molar-refractivity contribution in [2.45, 2.75) is 19.4 Å². The highest BCUT2D eigenvalue weighted by Crippen LogP contribution is 2.28. The summed E-state index contributed by atoms with van der Waals surface area (Å²) in [5.74, 6) is 1.62. The SMILES string of the molecule is CCCNC(c1ncn[nH]1)c1ccccc1OCCOC. The lowest BCUT2D eigenvalue weighted by molar-refractivity contribution is 0.145. The van der Waals surface area contributed by atoms with Crippen LogP contribution in [0.2, 0.25) is 0 Å². The highest BCUT2D eigenvalue weighted by molar-refractivity contribution is 5.38. The Bertz CT molecular complexity index is 516. The maximum absolute atomic E-state index is 5.81. The minimum absolute atomic E-state index is 0.0637. The molecule has 0 amide bonds. The Labute approximate surface area is 124 Å². The maximum atomic E-state index is 5.81. The second-order valence-corrected chi connectivity index (χ2v) is 4.64. The van der Waals surface area contributed by atoms with Gasteiger partial charge in [-0.25, -0.2) is 4.98 Å². The van der Waals surface area contributed by atoms with E-state index < -0.39 is 0 Å². The minimum atomic E-state index is -0.0637. The van der Waals surface area contributed by atoms with Crippen LogP contribution in [0.3, 0.4) is 0 Å². The molecule has 0 saturated carbocycles. The summed E-state index contributed by atoms with van der Waals surface area (Å²) in [4.78, 5) is 4.27. The van der Waals surface area contributed by atoms with Crippen LogP contribution in [0.15, 0.2) is 30.6 Å². The number of nitrogens with zero attached hydrogens (tertiary/aromatic N) is 2. The van der Waals surface area contributed by atoms with Crippen LogP contribution >= 0.6 is 0 Å². The zero-order valence-corrected chi connectivity index (χ0v) is 12.5. The number of benzene rings is 1. The zero-order valence-electron chi connectivity index (χ0n) is 12.5. The van der Waals surface area contributed by atoms with Crippen LogP contribution in [0.1, 0.15) is 30.8 Å². The molecule has 0 aliphatic carbocycles. The Morgan fingerprint density at radius 1 is 1.29 bits per heavy atom. The average molecular weight is 290 g/mol. The summed E-state index contributed by atoms with van der Waals surface area (Å²) in [6.45, 7) is 4.09. The van der Waals surface area contributed by atoms with E-state index >= 15 is 0 Å². The van der Waals surface area contributed by atoms with Crippen LogP contribution in [-0.2, 0) is 4.74 Å². The van der Waals surface area contributed by atoms with E-state index in [9.17, 15) is 0 Å². The van der Waals surface area contributed by atoms with Crippen LogP contribution in [0, 0.1) is 0 Å². The van der Waals surface area contributed by atoms with Crippen molar-refractivity contribution in [3.8, 4) is 5.75 Å². The standard InChI is InChI=1S/C15H22N4O2/c1-3-8-16-14(15-17-11-18-19-15)12-6-4-5-7-13(12)21-10-9-20-2/h4-7,11,14,16H,3,8-10H2,1-2H3,(H,17,18,19). The van der Waals surface area contributed by atoms with Crippen molar-refractivity contribution in [1.82, 2.24) is 20.5 Å². The Morgan fingerprint density at radius 3 is 2.86 bits per heavy atom. The first-order valence-corrected chi connectivity index (χ1v) is 7.16. The Morgan fingerprint density at radius 2 is 2.14 bits per heavy atom. The average Bonchev–Trinajstić information content (AvgIpc) is 3.03. The second-order valence-electron chi connectivity index (χ2n) is 4.64. The van der Waals surface area contributed by atoms with E-state index in [1.807, 2.05) is 24.3 Å². The van der Waals surface area contributed by atoms with Gasteiger partial charge in [0.05, 0.1) is 12.6 Å². The van der Waals surface area contributed by atoms with Crippen LogP contribution in [0.5, 0.6) is 5.75 Å². The number of nitrogens with one attached hydrogen (secondary N) is 2. The van der Waals surface area contributed by atoms with Gasteiger partial charge in [-0.3, -0.25) is 5.10 Å². The molecule has 2 rings (SSSR count). The summed E-state index contributed by atoms with van der Waals surface area (Å²) in [7, 11) is 1.66. The van der Waals surface area contributed by atoms with Crippen LogP contribution in [0.4, 0.5) is 0 Å². The van der Waals surface area contributed by atoms with Gasteiger partial charge in [-0.1, -0.05) is 25.1 Å². The lowest BCUT2D eigenvalue weighted by Crippen LogP contribution is -2.25. The van der Waals surface area contributed by atoms with E-state index in [1.54, 1.807) is 7.11 Å². The normalized spacial score (nSPS) is 12.3. The summed E-state index contributed by atoms with van der Waals surface area (Å²) in [6.07, 6.45) is 2.56. The third-order valence-corrected chi connectivity index (χ3v) is 3.08. The third kappa shape index (κ3) is 4.27. The van der Waals surface area contributed by atoms with Crippen LogP contribution in [-0.4, -0.2) is 42.0 Å². The van der Waals surface area contributed by atoms with Crippen molar-refractivity contribution < 1.29 is 9.47 Å². The highest BCUT2D eigenvalue weighted by Gasteiger charge is 2.20. The van der Waals surface area contributed by atoms with Gasteiger partial charge >= 0.3 is 0 Å². The number of rotatable bonds is 9. The molecule has 0 radical (unpaired) electrons. The van der Waals surface area contributed by atoms with E-state index in [2.05, 4.69) is 27.4 Å². The number of hydrogen-bond donors (Lipinski definition) is 2. The molecule has 1 aromatic heterocycles. The fourth-order valence-corrected chi connectivity index (χ4v) is 2.08. The fourth-order valence-electron chi connectivity index (χ4n) is 2.08. The van der Waals surface area contributed by atoms with Gasteiger partial charge in [0.25, 0.3) is 0 Å². The van der Waals surface area contributed by atoms with Crippen molar-refractivity contribution in [3.63, 3.8) is 0 Å². The number of aromatic amines is 1. The lowest BCUT2D eigenvalue weighted by Gasteiger charge is -2.20. The summed E-state index contributed by atoms with van der Waals surface area (Å²) in [5.41, 5.74) is 1.04.